The highest BCUT2D eigenvalue weighted by Gasteiger charge is 2.13. The number of fused-ring (bicyclic) bond motifs is 1. The molecule has 3 aromatic rings. The molecule has 8 heteroatoms. The fraction of sp³-hybridized carbons (Fsp3) is 0.318. The van der Waals surface area contributed by atoms with E-state index >= 15 is 0 Å². The lowest BCUT2D eigenvalue weighted by Gasteiger charge is -2.08. The van der Waals surface area contributed by atoms with Gasteiger partial charge < -0.3 is 10.6 Å². The van der Waals surface area contributed by atoms with Crippen molar-refractivity contribution < 1.29 is 9.59 Å². The summed E-state index contributed by atoms with van der Waals surface area (Å²) in [7, 11) is 0. The van der Waals surface area contributed by atoms with E-state index in [0.717, 1.165) is 17.5 Å². The minimum absolute atomic E-state index is 0.0992. The van der Waals surface area contributed by atoms with Crippen molar-refractivity contribution in [1.82, 2.24) is 19.8 Å². The van der Waals surface area contributed by atoms with Gasteiger partial charge in [-0.1, -0.05) is 42.8 Å². The molecule has 2 N–H and O–H groups in total. The van der Waals surface area contributed by atoms with Gasteiger partial charge in [-0.25, -0.2) is 4.79 Å². The molecule has 0 aliphatic rings. The highest BCUT2D eigenvalue weighted by Crippen LogP contribution is 2.15. The molecular formula is C22H25ClN4O3. The summed E-state index contributed by atoms with van der Waals surface area (Å²) in [4.78, 5) is 37.0. The van der Waals surface area contributed by atoms with Crippen LogP contribution in [0.15, 0.2) is 53.3 Å². The lowest BCUT2D eigenvalue weighted by atomic mass is 10.2. The Morgan fingerprint density at radius 3 is 2.17 bits per heavy atom. The van der Waals surface area contributed by atoms with E-state index in [-0.39, 0.29) is 30.5 Å². The first kappa shape index (κ1) is 21.6. The third-order valence-corrected chi connectivity index (χ3v) is 5.12. The minimum Gasteiger partial charge on any atom is -0.354 e. The quantitative estimate of drug-likeness (QED) is 0.514. The molecule has 7 nitrogen and oxygen atoms in total. The van der Waals surface area contributed by atoms with Crippen LogP contribution in [-0.2, 0) is 17.9 Å². The Morgan fingerprint density at radius 1 is 0.900 bits per heavy atom. The van der Waals surface area contributed by atoms with E-state index in [9.17, 15) is 14.4 Å². The van der Waals surface area contributed by atoms with Crippen molar-refractivity contribution in [3.8, 4) is 0 Å². The number of carbonyl (C=O) groups excluding carboxylic acids is 2. The summed E-state index contributed by atoms with van der Waals surface area (Å²) in [6.07, 6.45) is 1.03. The molecule has 1 heterocycles. The van der Waals surface area contributed by atoms with Gasteiger partial charge in [-0.2, -0.15) is 0 Å². The number of hydrogen-bond acceptors (Lipinski definition) is 3. The van der Waals surface area contributed by atoms with Crippen LogP contribution in [0.4, 0.5) is 0 Å². The fourth-order valence-electron chi connectivity index (χ4n) is 3.35. The minimum atomic E-state index is -0.287. The van der Waals surface area contributed by atoms with Crippen molar-refractivity contribution in [2.24, 2.45) is 0 Å². The van der Waals surface area contributed by atoms with Crippen molar-refractivity contribution in [2.75, 3.05) is 13.1 Å². The van der Waals surface area contributed by atoms with Gasteiger partial charge >= 0.3 is 5.69 Å². The lowest BCUT2D eigenvalue weighted by Crippen LogP contribution is -2.35. The van der Waals surface area contributed by atoms with Crippen LogP contribution in [0.2, 0.25) is 5.02 Å². The Hall–Kier alpha value is -3.06. The van der Waals surface area contributed by atoms with Crippen LogP contribution < -0.4 is 16.3 Å². The first-order valence-corrected chi connectivity index (χ1v) is 10.4. The number of nitrogens with one attached hydrogen (secondary N) is 2. The maximum Gasteiger partial charge on any atom is 0.329 e. The first-order valence-electron chi connectivity index (χ1n) is 10.0. The molecule has 2 amide bonds. The topological polar surface area (TPSA) is 85.1 Å². The number of rotatable bonds is 9. The van der Waals surface area contributed by atoms with Crippen molar-refractivity contribution in [2.45, 2.75) is 32.9 Å². The normalized spacial score (nSPS) is 10.9. The zero-order chi connectivity index (χ0) is 21.5. The summed E-state index contributed by atoms with van der Waals surface area (Å²) in [6, 6.07) is 14.4. The number of halogens is 1. The molecule has 0 aliphatic heterocycles. The lowest BCUT2D eigenvalue weighted by molar-refractivity contribution is -0.121. The van der Waals surface area contributed by atoms with Gasteiger partial charge in [0.1, 0.15) is 0 Å². The third kappa shape index (κ3) is 4.91. The average Bonchev–Trinajstić information content (AvgIpc) is 3.01. The van der Waals surface area contributed by atoms with E-state index in [4.69, 9.17) is 11.6 Å². The van der Waals surface area contributed by atoms with Crippen LogP contribution in [0.5, 0.6) is 0 Å². The highest BCUT2D eigenvalue weighted by atomic mass is 35.5. The smallest absolute Gasteiger partial charge is 0.329 e. The zero-order valence-electron chi connectivity index (χ0n) is 16.9. The molecule has 0 fully saturated rings. The summed E-state index contributed by atoms with van der Waals surface area (Å²) in [5.41, 5.74) is 2.01. The number of aryl methyl sites for hydroxylation is 2. The first-order chi connectivity index (χ1) is 14.5. The van der Waals surface area contributed by atoms with Crippen LogP contribution in [-0.4, -0.2) is 34.0 Å². The Balaban J connectivity index is 1.51. The zero-order valence-corrected chi connectivity index (χ0v) is 17.6. The molecule has 0 unspecified atom stereocenters. The monoisotopic (exact) mass is 428 g/mol. The number of carbonyl (C=O) groups is 2. The number of amides is 2. The Bertz CT molecular complexity index is 1100. The van der Waals surface area contributed by atoms with Gasteiger partial charge in [0.05, 0.1) is 21.6 Å². The van der Waals surface area contributed by atoms with E-state index in [2.05, 4.69) is 10.6 Å². The molecule has 1 aromatic heterocycles. The largest absolute Gasteiger partial charge is 0.354 e. The maximum absolute atomic E-state index is 12.7. The summed E-state index contributed by atoms with van der Waals surface area (Å²) < 4.78 is 3.39. The fourth-order valence-corrected chi connectivity index (χ4v) is 3.57. The van der Waals surface area contributed by atoms with E-state index in [1.165, 1.54) is 0 Å². The van der Waals surface area contributed by atoms with Crippen molar-refractivity contribution in [3.63, 3.8) is 0 Å². The summed E-state index contributed by atoms with van der Waals surface area (Å²) in [5, 5.41) is 5.87. The van der Waals surface area contributed by atoms with E-state index in [1.807, 2.05) is 31.2 Å². The maximum atomic E-state index is 12.7. The van der Waals surface area contributed by atoms with Gasteiger partial charge in [0.2, 0.25) is 5.91 Å². The second kappa shape index (κ2) is 10.1. The highest BCUT2D eigenvalue weighted by molar-refractivity contribution is 6.33. The second-order valence-corrected chi connectivity index (χ2v) is 7.32. The summed E-state index contributed by atoms with van der Waals surface area (Å²) in [6.45, 7) is 3.54. The predicted octanol–water partition coefficient (Wildman–Crippen LogP) is 2.80. The molecule has 30 heavy (non-hydrogen) atoms. The van der Waals surface area contributed by atoms with Gasteiger partial charge in [-0.3, -0.25) is 18.7 Å². The third-order valence-electron chi connectivity index (χ3n) is 4.79. The Morgan fingerprint density at radius 2 is 1.50 bits per heavy atom. The van der Waals surface area contributed by atoms with Crippen molar-refractivity contribution >= 4 is 34.4 Å². The molecule has 158 valence electrons. The molecule has 0 bridgehead atoms. The summed E-state index contributed by atoms with van der Waals surface area (Å²) in [5.74, 6) is -0.466. The number of aromatic nitrogens is 2. The van der Waals surface area contributed by atoms with Crippen LogP contribution >= 0.6 is 11.6 Å². The van der Waals surface area contributed by atoms with Crippen molar-refractivity contribution in [3.05, 3.63) is 69.6 Å². The number of hydrogen-bond donors (Lipinski definition) is 2. The van der Waals surface area contributed by atoms with Crippen LogP contribution in [0.25, 0.3) is 11.0 Å². The average molecular weight is 429 g/mol. The van der Waals surface area contributed by atoms with E-state index in [0.29, 0.717) is 30.2 Å². The SMILES string of the molecule is CCCn1c(=O)n(CCC(=O)NCCNC(=O)c2ccccc2Cl)c2ccccc21. The van der Waals surface area contributed by atoms with Crippen molar-refractivity contribution in [1.29, 1.82) is 0 Å². The molecular weight excluding hydrogens is 404 g/mol. The number of imidazole rings is 1. The number of nitrogens with zero attached hydrogens (tertiary/aromatic N) is 2. The Labute approximate surface area is 179 Å². The molecule has 3 rings (SSSR count). The molecule has 2 aromatic carbocycles. The van der Waals surface area contributed by atoms with Gasteiger partial charge in [-0.15, -0.1) is 0 Å². The van der Waals surface area contributed by atoms with Gasteiger partial charge in [0.15, 0.2) is 0 Å². The molecule has 0 radical (unpaired) electrons. The molecule has 0 saturated heterocycles. The number of para-hydroxylation sites is 2. The van der Waals surface area contributed by atoms with Gasteiger partial charge in [0, 0.05) is 32.6 Å². The van der Waals surface area contributed by atoms with Crippen LogP contribution in [0.3, 0.4) is 0 Å². The standard InChI is InChI=1S/C22H25ClN4O3/c1-2-14-26-18-9-5-6-10-19(18)27(22(26)30)15-11-20(28)24-12-13-25-21(29)16-7-3-4-8-17(16)23/h3-10H,2,11-15H2,1H3,(H,24,28)(H,25,29). The van der Waals surface area contributed by atoms with Gasteiger partial charge in [-0.05, 0) is 30.7 Å². The summed E-state index contributed by atoms with van der Waals surface area (Å²) >= 11 is 6.00. The van der Waals surface area contributed by atoms with Crippen LogP contribution in [0, 0.1) is 0 Å². The molecule has 0 aliphatic carbocycles. The predicted molar refractivity (Wildman–Crippen MR) is 118 cm³/mol. The Kier molecular flexibility index (Phi) is 7.30. The second-order valence-electron chi connectivity index (χ2n) is 6.91. The molecule has 0 saturated carbocycles. The number of benzene rings is 2. The van der Waals surface area contributed by atoms with Crippen LogP contribution in [0.1, 0.15) is 30.1 Å². The molecule has 0 atom stereocenters. The van der Waals surface area contributed by atoms with E-state index < -0.39 is 0 Å². The molecule has 0 spiro atoms. The van der Waals surface area contributed by atoms with Gasteiger partial charge in [0.25, 0.3) is 5.91 Å². The van der Waals surface area contributed by atoms with E-state index in [1.54, 1.807) is 33.4 Å².